The molecule has 28 heavy (non-hydrogen) atoms. The van der Waals surface area contributed by atoms with Crippen LogP contribution in [0.25, 0.3) is 21.9 Å². The second kappa shape index (κ2) is 8.15. The molecule has 0 aliphatic heterocycles. The third-order valence-corrected chi connectivity index (χ3v) is 4.88. The standard InChI is InChI=1S/C25H22O3/c1-27-24-15-20(13-14-23(24)28-17-18-7-3-2-4-8-18)25-21(16-26)12-11-19-9-5-6-10-22(19)25/h2-15,26H,16-17H2,1H3. The van der Waals surface area contributed by atoms with Crippen LogP contribution in [0.4, 0.5) is 0 Å². The summed E-state index contributed by atoms with van der Waals surface area (Å²) in [5.74, 6) is 1.37. The molecule has 3 nitrogen and oxygen atoms in total. The molecule has 0 saturated carbocycles. The highest BCUT2D eigenvalue weighted by Gasteiger charge is 2.13. The number of benzene rings is 4. The molecule has 4 aromatic carbocycles. The van der Waals surface area contributed by atoms with Gasteiger partial charge in [-0.25, -0.2) is 0 Å². The van der Waals surface area contributed by atoms with Crippen LogP contribution in [0.5, 0.6) is 11.5 Å². The molecule has 1 N–H and O–H groups in total. The van der Waals surface area contributed by atoms with E-state index in [-0.39, 0.29) is 6.61 Å². The van der Waals surface area contributed by atoms with Gasteiger partial charge in [-0.3, -0.25) is 0 Å². The fourth-order valence-corrected chi connectivity index (χ4v) is 3.47. The molecule has 0 bridgehead atoms. The quantitative estimate of drug-likeness (QED) is 0.481. The zero-order chi connectivity index (χ0) is 19.3. The van der Waals surface area contributed by atoms with Crippen molar-refractivity contribution in [3.63, 3.8) is 0 Å². The minimum absolute atomic E-state index is 0.0191. The van der Waals surface area contributed by atoms with Crippen LogP contribution < -0.4 is 9.47 Å². The minimum atomic E-state index is -0.0191. The van der Waals surface area contributed by atoms with Crippen molar-refractivity contribution >= 4 is 10.8 Å². The molecule has 4 aromatic rings. The van der Waals surface area contributed by atoms with E-state index >= 15 is 0 Å². The number of rotatable bonds is 6. The van der Waals surface area contributed by atoms with E-state index in [0.717, 1.165) is 33.0 Å². The van der Waals surface area contributed by atoms with E-state index in [0.29, 0.717) is 18.1 Å². The number of hydrogen-bond donors (Lipinski definition) is 1. The molecule has 0 atom stereocenters. The van der Waals surface area contributed by atoms with Crippen LogP contribution in [-0.2, 0) is 13.2 Å². The topological polar surface area (TPSA) is 38.7 Å². The summed E-state index contributed by atoms with van der Waals surface area (Å²) in [4.78, 5) is 0. The molecule has 0 aliphatic rings. The van der Waals surface area contributed by atoms with Crippen molar-refractivity contribution < 1.29 is 14.6 Å². The smallest absolute Gasteiger partial charge is 0.161 e. The Morgan fingerprint density at radius 2 is 1.57 bits per heavy atom. The lowest BCUT2D eigenvalue weighted by Crippen LogP contribution is -1.98. The average molecular weight is 370 g/mol. The molecule has 0 heterocycles. The largest absolute Gasteiger partial charge is 0.493 e. The van der Waals surface area contributed by atoms with E-state index in [1.807, 2.05) is 72.8 Å². The molecule has 0 amide bonds. The Hall–Kier alpha value is -3.30. The molecule has 0 spiro atoms. The molecule has 0 aliphatic carbocycles. The molecule has 0 fully saturated rings. The van der Waals surface area contributed by atoms with Gasteiger partial charge in [-0.2, -0.15) is 0 Å². The van der Waals surface area contributed by atoms with Crippen LogP contribution in [0.3, 0.4) is 0 Å². The number of methoxy groups -OCH3 is 1. The fourth-order valence-electron chi connectivity index (χ4n) is 3.47. The Labute approximate surface area is 164 Å². The molecule has 4 rings (SSSR count). The Bertz CT molecular complexity index is 1090. The van der Waals surface area contributed by atoms with Gasteiger partial charge in [0, 0.05) is 0 Å². The lowest BCUT2D eigenvalue weighted by molar-refractivity contribution is 0.282. The van der Waals surface area contributed by atoms with E-state index < -0.39 is 0 Å². The maximum atomic E-state index is 9.87. The summed E-state index contributed by atoms with van der Waals surface area (Å²) in [7, 11) is 1.64. The molecule has 140 valence electrons. The van der Waals surface area contributed by atoms with Gasteiger partial charge in [-0.05, 0) is 45.2 Å². The first-order valence-corrected chi connectivity index (χ1v) is 9.27. The van der Waals surface area contributed by atoms with E-state index in [1.54, 1.807) is 7.11 Å². The summed E-state index contributed by atoms with van der Waals surface area (Å²) in [5.41, 5.74) is 4.00. The summed E-state index contributed by atoms with van der Waals surface area (Å²) < 4.78 is 11.6. The fraction of sp³-hybridized carbons (Fsp3) is 0.120. The average Bonchev–Trinajstić information content (AvgIpc) is 2.77. The first kappa shape index (κ1) is 18.1. The summed E-state index contributed by atoms with van der Waals surface area (Å²) in [5, 5.41) is 12.1. The molecule has 3 heteroatoms. The first-order chi connectivity index (χ1) is 13.8. The van der Waals surface area contributed by atoms with Crippen molar-refractivity contribution in [1.29, 1.82) is 0 Å². The Morgan fingerprint density at radius 3 is 2.36 bits per heavy atom. The Kier molecular flexibility index (Phi) is 5.27. The summed E-state index contributed by atoms with van der Waals surface area (Å²) in [6.45, 7) is 0.460. The highest BCUT2D eigenvalue weighted by Crippen LogP contribution is 2.37. The van der Waals surface area contributed by atoms with Crippen molar-refractivity contribution in [3.8, 4) is 22.6 Å². The molecular weight excluding hydrogens is 348 g/mol. The first-order valence-electron chi connectivity index (χ1n) is 9.27. The highest BCUT2D eigenvalue weighted by atomic mass is 16.5. The monoisotopic (exact) mass is 370 g/mol. The predicted octanol–water partition coefficient (Wildman–Crippen LogP) is 5.59. The third-order valence-electron chi connectivity index (χ3n) is 4.88. The molecular formula is C25H22O3. The number of ether oxygens (including phenoxy) is 2. The highest BCUT2D eigenvalue weighted by molar-refractivity contribution is 5.98. The van der Waals surface area contributed by atoms with Crippen molar-refractivity contribution in [2.45, 2.75) is 13.2 Å². The van der Waals surface area contributed by atoms with Gasteiger partial charge in [0.25, 0.3) is 0 Å². The van der Waals surface area contributed by atoms with E-state index in [9.17, 15) is 5.11 Å². The van der Waals surface area contributed by atoms with Crippen LogP contribution in [0, 0.1) is 0 Å². The van der Waals surface area contributed by atoms with Crippen LogP contribution in [0.15, 0.2) is 84.9 Å². The summed E-state index contributed by atoms with van der Waals surface area (Å²) >= 11 is 0. The minimum Gasteiger partial charge on any atom is -0.493 e. The second-order valence-corrected chi connectivity index (χ2v) is 6.62. The number of hydrogen-bond acceptors (Lipinski definition) is 3. The van der Waals surface area contributed by atoms with Gasteiger partial charge in [0.2, 0.25) is 0 Å². The molecule has 0 radical (unpaired) electrons. The SMILES string of the molecule is COc1cc(-c2c(CO)ccc3ccccc23)ccc1OCc1ccccc1. The van der Waals surface area contributed by atoms with Gasteiger partial charge >= 0.3 is 0 Å². The van der Waals surface area contributed by atoms with Gasteiger partial charge in [0.15, 0.2) is 11.5 Å². The zero-order valence-corrected chi connectivity index (χ0v) is 15.8. The molecule has 0 aromatic heterocycles. The zero-order valence-electron chi connectivity index (χ0n) is 15.8. The number of aliphatic hydroxyl groups excluding tert-OH is 1. The van der Waals surface area contributed by atoms with E-state index in [1.165, 1.54) is 0 Å². The maximum Gasteiger partial charge on any atom is 0.161 e. The van der Waals surface area contributed by atoms with Gasteiger partial charge in [0.1, 0.15) is 6.61 Å². The molecule has 0 saturated heterocycles. The predicted molar refractivity (Wildman–Crippen MR) is 113 cm³/mol. The number of aliphatic hydroxyl groups is 1. The lowest BCUT2D eigenvalue weighted by atomic mass is 9.93. The lowest BCUT2D eigenvalue weighted by Gasteiger charge is -2.15. The summed E-state index contributed by atoms with van der Waals surface area (Å²) in [6, 6.07) is 28.2. The van der Waals surface area contributed by atoms with Gasteiger partial charge in [0.05, 0.1) is 13.7 Å². The van der Waals surface area contributed by atoms with Gasteiger partial charge in [-0.15, -0.1) is 0 Å². The van der Waals surface area contributed by atoms with E-state index in [4.69, 9.17) is 9.47 Å². The van der Waals surface area contributed by atoms with Gasteiger partial charge < -0.3 is 14.6 Å². The van der Waals surface area contributed by atoms with E-state index in [2.05, 4.69) is 12.1 Å². The third kappa shape index (κ3) is 3.57. The normalized spacial score (nSPS) is 10.8. The van der Waals surface area contributed by atoms with Crippen LogP contribution in [0.1, 0.15) is 11.1 Å². The maximum absolute atomic E-state index is 9.87. The number of fused-ring (bicyclic) bond motifs is 1. The summed E-state index contributed by atoms with van der Waals surface area (Å²) in [6.07, 6.45) is 0. The van der Waals surface area contributed by atoms with Gasteiger partial charge in [-0.1, -0.05) is 72.8 Å². The second-order valence-electron chi connectivity index (χ2n) is 6.62. The Morgan fingerprint density at radius 1 is 0.786 bits per heavy atom. The van der Waals surface area contributed by atoms with Crippen molar-refractivity contribution in [2.75, 3.05) is 7.11 Å². The van der Waals surface area contributed by atoms with Crippen molar-refractivity contribution in [2.24, 2.45) is 0 Å². The van der Waals surface area contributed by atoms with Crippen LogP contribution >= 0.6 is 0 Å². The van der Waals surface area contributed by atoms with Crippen LogP contribution in [-0.4, -0.2) is 12.2 Å². The van der Waals surface area contributed by atoms with Crippen molar-refractivity contribution in [3.05, 3.63) is 96.1 Å². The van der Waals surface area contributed by atoms with Crippen molar-refractivity contribution in [1.82, 2.24) is 0 Å². The van der Waals surface area contributed by atoms with Crippen LogP contribution in [0.2, 0.25) is 0 Å². The molecule has 0 unspecified atom stereocenters. The Balaban J connectivity index is 1.73.